The molecule has 1 heterocycles. The third kappa shape index (κ3) is 3.83. The van der Waals surface area contributed by atoms with Crippen molar-refractivity contribution >= 4 is 10.2 Å². The number of hydrogen-bond donors (Lipinski definition) is 0. The van der Waals surface area contributed by atoms with E-state index in [-0.39, 0.29) is 12.0 Å². The van der Waals surface area contributed by atoms with Gasteiger partial charge in [0.25, 0.3) is 10.2 Å². The summed E-state index contributed by atoms with van der Waals surface area (Å²) in [5, 5.41) is 0. The van der Waals surface area contributed by atoms with E-state index in [1.807, 2.05) is 18.2 Å². The lowest BCUT2D eigenvalue weighted by Crippen LogP contribution is -2.50. The molecule has 0 unspecified atom stereocenters. The number of benzene rings is 1. The molecule has 2 atom stereocenters. The molecule has 0 aromatic heterocycles. The highest BCUT2D eigenvalue weighted by Crippen LogP contribution is 2.25. The highest BCUT2D eigenvalue weighted by Gasteiger charge is 2.35. The summed E-state index contributed by atoms with van der Waals surface area (Å²) in [5.74, 6) is 0.181. The van der Waals surface area contributed by atoms with Gasteiger partial charge in [-0.15, -0.1) is 0 Å². The molecule has 5 nitrogen and oxygen atoms in total. The predicted octanol–water partition coefficient (Wildman–Crippen LogP) is 1.37. The second-order valence-electron chi connectivity index (χ2n) is 5.66. The zero-order chi connectivity index (χ0) is 15.5. The number of piperidine rings is 1. The van der Waals surface area contributed by atoms with Gasteiger partial charge < -0.3 is 4.74 Å². The first-order valence-electron chi connectivity index (χ1n) is 7.19. The summed E-state index contributed by atoms with van der Waals surface area (Å²) in [4.78, 5) is 0. The average Bonchev–Trinajstić information content (AvgIpc) is 2.48. The van der Waals surface area contributed by atoms with E-state index in [0.717, 1.165) is 12.8 Å². The molecule has 0 radical (unpaired) electrons. The van der Waals surface area contributed by atoms with E-state index >= 15 is 0 Å². The van der Waals surface area contributed by atoms with E-state index in [4.69, 9.17) is 4.74 Å². The predicted molar refractivity (Wildman–Crippen MR) is 83.2 cm³/mol. The zero-order valence-electron chi connectivity index (χ0n) is 12.9. The van der Waals surface area contributed by atoms with Crippen LogP contribution in [-0.2, 0) is 21.4 Å². The van der Waals surface area contributed by atoms with Gasteiger partial charge >= 0.3 is 0 Å². The lowest BCUT2D eigenvalue weighted by molar-refractivity contribution is 0.0122. The van der Waals surface area contributed by atoms with Gasteiger partial charge in [0.15, 0.2) is 0 Å². The molecule has 0 N–H and O–H groups in total. The molecule has 1 saturated heterocycles. The van der Waals surface area contributed by atoms with Gasteiger partial charge in [0.1, 0.15) is 0 Å². The van der Waals surface area contributed by atoms with E-state index in [2.05, 4.69) is 12.1 Å². The van der Waals surface area contributed by atoms with Crippen molar-refractivity contribution < 1.29 is 13.2 Å². The Morgan fingerprint density at radius 2 is 1.95 bits per heavy atom. The van der Waals surface area contributed by atoms with E-state index in [1.54, 1.807) is 25.5 Å². The van der Waals surface area contributed by atoms with Gasteiger partial charge in [-0.3, -0.25) is 0 Å². The Morgan fingerprint density at radius 1 is 1.29 bits per heavy atom. The fraction of sp³-hybridized carbons (Fsp3) is 0.600. The Morgan fingerprint density at radius 3 is 2.52 bits per heavy atom. The van der Waals surface area contributed by atoms with Crippen molar-refractivity contribution in [1.29, 1.82) is 0 Å². The van der Waals surface area contributed by atoms with Gasteiger partial charge in [0, 0.05) is 40.2 Å². The van der Waals surface area contributed by atoms with Crippen LogP contribution in [0.1, 0.15) is 12.0 Å². The Balaban J connectivity index is 2.13. The third-order valence-corrected chi connectivity index (χ3v) is 5.97. The summed E-state index contributed by atoms with van der Waals surface area (Å²) >= 11 is 0. The van der Waals surface area contributed by atoms with Gasteiger partial charge in [-0.2, -0.15) is 17.0 Å². The van der Waals surface area contributed by atoms with Crippen molar-refractivity contribution in [3.63, 3.8) is 0 Å². The van der Waals surface area contributed by atoms with Crippen LogP contribution < -0.4 is 0 Å². The Labute approximate surface area is 127 Å². The fourth-order valence-electron chi connectivity index (χ4n) is 2.84. The highest BCUT2D eigenvalue weighted by atomic mass is 32.2. The van der Waals surface area contributed by atoms with Gasteiger partial charge in [0.05, 0.1) is 6.10 Å². The van der Waals surface area contributed by atoms with E-state index < -0.39 is 10.2 Å². The molecule has 0 saturated carbocycles. The first kappa shape index (κ1) is 16.4. The molecule has 0 bridgehead atoms. The van der Waals surface area contributed by atoms with Gasteiger partial charge in [-0.1, -0.05) is 30.3 Å². The van der Waals surface area contributed by atoms with Crippen molar-refractivity contribution in [3.8, 4) is 0 Å². The van der Waals surface area contributed by atoms with Crippen LogP contribution in [0.5, 0.6) is 0 Å². The minimum Gasteiger partial charge on any atom is -0.381 e. The van der Waals surface area contributed by atoms with E-state index in [9.17, 15) is 8.42 Å². The lowest BCUT2D eigenvalue weighted by atomic mass is 9.89. The van der Waals surface area contributed by atoms with Crippen molar-refractivity contribution in [2.24, 2.45) is 5.92 Å². The maximum absolute atomic E-state index is 12.3. The average molecular weight is 312 g/mol. The quantitative estimate of drug-likeness (QED) is 0.825. The van der Waals surface area contributed by atoms with Crippen LogP contribution in [0, 0.1) is 5.92 Å². The molecule has 118 valence electrons. The fourth-order valence-corrected chi connectivity index (χ4v) is 4.02. The molecule has 1 aromatic rings. The van der Waals surface area contributed by atoms with Crippen LogP contribution in [0.15, 0.2) is 30.3 Å². The summed E-state index contributed by atoms with van der Waals surface area (Å²) < 4.78 is 33.0. The number of methoxy groups -OCH3 is 1. The van der Waals surface area contributed by atoms with E-state index in [0.29, 0.717) is 13.1 Å². The number of hydrogen-bond acceptors (Lipinski definition) is 3. The number of rotatable bonds is 5. The van der Waals surface area contributed by atoms with Crippen LogP contribution in [0.25, 0.3) is 0 Å². The molecular weight excluding hydrogens is 288 g/mol. The first-order chi connectivity index (χ1) is 9.95. The Bertz CT molecular complexity index is 545. The second kappa shape index (κ2) is 6.87. The van der Waals surface area contributed by atoms with Crippen LogP contribution in [0.3, 0.4) is 0 Å². The van der Waals surface area contributed by atoms with Crippen molar-refractivity contribution in [2.75, 3.05) is 34.3 Å². The normalized spacial score (nSPS) is 24.4. The van der Waals surface area contributed by atoms with Crippen molar-refractivity contribution in [3.05, 3.63) is 35.9 Å². The van der Waals surface area contributed by atoms with Crippen molar-refractivity contribution in [2.45, 2.75) is 18.9 Å². The number of ether oxygens (including phenoxy) is 1. The maximum atomic E-state index is 12.3. The molecule has 1 aliphatic heterocycles. The molecule has 6 heteroatoms. The monoisotopic (exact) mass is 312 g/mol. The van der Waals surface area contributed by atoms with E-state index in [1.165, 1.54) is 9.87 Å². The van der Waals surface area contributed by atoms with Gasteiger partial charge in [-0.05, 0) is 18.4 Å². The summed E-state index contributed by atoms with van der Waals surface area (Å²) in [6.07, 6.45) is 1.68. The Kier molecular flexibility index (Phi) is 5.37. The third-order valence-electron chi connectivity index (χ3n) is 4.06. The molecule has 2 rings (SSSR count). The summed E-state index contributed by atoms with van der Waals surface area (Å²) in [7, 11) is 1.51. The molecule has 0 spiro atoms. The first-order valence-corrected chi connectivity index (χ1v) is 8.59. The van der Waals surface area contributed by atoms with Crippen LogP contribution in [0.2, 0.25) is 0 Å². The van der Waals surface area contributed by atoms with Crippen molar-refractivity contribution in [1.82, 2.24) is 8.61 Å². The number of nitrogens with zero attached hydrogens (tertiary/aromatic N) is 2. The molecule has 1 fully saturated rings. The van der Waals surface area contributed by atoms with Gasteiger partial charge in [0.2, 0.25) is 0 Å². The summed E-state index contributed by atoms with van der Waals surface area (Å²) in [5.41, 5.74) is 1.22. The van der Waals surface area contributed by atoms with Gasteiger partial charge in [-0.25, -0.2) is 0 Å². The standard InChI is InChI=1S/C15H24N2O3S/c1-16(2)21(18,19)17-10-9-15(20-3)14(12-17)11-13-7-5-4-6-8-13/h4-8,14-15H,9-12H2,1-3H3/t14-,15+/m0/s1. The topological polar surface area (TPSA) is 49.9 Å². The summed E-state index contributed by atoms with van der Waals surface area (Å²) in [6.45, 7) is 1.03. The minimum atomic E-state index is -3.35. The largest absolute Gasteiger partial charge is 0.381 e. The Hall–Kier alpha value is -0.950. The molecule has 0 aliphatic carbocycles. The highest BCUT2D eigenvalue weighted by molar-refractivity contribution is 7.86. The molecule has 0 amide bonds. The van der Waals surface area contributed by atoms with Crippen LogP contribution >= 0.6 is 0 Å². The lowest BCUT2D eigenvalue weighted by Gasteiger charge is -2.38. The maximum Gasteiger partial charge on any atom is 0.281 e. The second-order valence-corrected chi connectivity index (χ2v) is 7.80. The summed E-state index contributed by atoms with van der Waals surface area (Å²) in [6, 6.07) is 10.2. The molecular formula is C15H24N2O3S. The molecule has 21 heavy (non-hydrogen) atoms. The zero-order valence-corrected chi connectivity index (χ0v) is 13.7. The smallest absolute Gasteiger partial charge is 0.281 e. The van der Waals surface area contributed by atoms with Crippen LogP contribution in [-0.4, -0.2) is 57.4 Å². The minimum absolute atomic E-state index is 0.110. The molecule has 1 aromatic carbocycles. The SMILES string of the molecule is CO[C@@H]1CCN(S(=O)(=O)N(C)C)C[C@@H]1Cc1ccccc1. The molecule has 1 aliphatic rings. The van der Waals surface area contributed by atoms with Crippen LogP contribution in [0.4, 0.5) is 0 Å².